The van der Waals surface area contributed by atoms with Gasteiger partial charge in [0.15, 0.2) is 0 Å². The fraction of sp³-hybridized carbons (Fsp3) is 0.273. The Kier molecular flexibility index (Phi) is 4.21. The van der Waals surface area contributed by atoms with Gasteiger partial charge in [0.2, 0.25) is 10.0 Å². The summed E-state index contributed by atoms with van der Waals surface area (Å²) in [6.45, 7) is 0.952. The van der Waals surface area contributed by atoms with Crippen LogP contribution in [0.1, 0.15) is 9.67 Å². The first-order chi connectivity index (χ1) is 9.39. The van der Waals surface area contributed by atoms with Crippen molar-refractivity contribution in [2.24, 2.45) is 5.14 Å². The predicted octanol–water partition coefficient (Wildman–Crippen LogP) is 0.364. The first kappa shape index (κ1) is 14.7. The summed E-state index contributed by atoms with van der Waals surface area (Å²) in [5, 5.41) is 10.7. The minimum Gasteiger partial charge on any atom is -0.339 e. The lowest BCUT2D eigenvalue weighted by Gasteiger charge is -2.16. The maximum absolute atomic E-state index is 12.2. The van der Waals surface area contributed by atoms with Crippen LogP contribution in [0, 0.1) is 0 Å². The Labute approximate surface area is 120 Å². The fourth-order valence-electron chi connectivity index (χ4n) is 1.64. The number of likely N-dealkylation sites (N-methyl/N-ethyl adjacent to an activating group) is 1. The van der Waals surface area contributed by atoms with Crippen LogP contribution < -0.4 is 5.14 Å². The Hall–Kier alpha value is -1.71. The van der Waals surface area contributed by atoms with Crippen molar-refractivity contribution in [1.29, 1.82) is 0 Å². The molecule has 9 heteroatoms. The van der Waals surface area contributed by atoms with Gasteiger partial charge >= 0.3 is 0 Å². The van der Waals surface area contributed by atoms with Gasteiger partial charge in [0.25, 0.3) is 5.91 Å². The molecule has 108 valence electrons. The van der Waals surface area contributed by atoms with E-state index in [2.05, 4.69) is 5.10 Å². The smallest absolute Gasteiger partial charge is 0.265 e. The number of sulfonamides is 1. The van der Waals surface area contributed by atoms with E-state index in [1.165, 1.54) is 16.3 Å². The number of hydrogen-bond acceptors (Lipinski definition) is 5. The van der Waals surface area contributed by atoms with Crippen molar-refractivity contribution in [2.75, 3.05) is 13.6 Å². The summed E-state index contributed by atoms with van der Waals surface area (Å²) in [4.78, 5) is 13.7. The van der Waals surface area contributed by atoms with Crippen molar-refractivity contribution in [3.05, 3.63) is 34.8 Å². The first-order valence-corrected chi connectivity index (χ1v) is 8.15. The molecule has 7 nitrogen and oxygen atoms in total. The number of amides is 1. The fourth-order valence-corrected chi connectivity index (χ4v) is 3.60. The molecular formula is C11H14N4O3S2. The normalized spacial score (nSPS) is 11.5. The molecule has 0 aromatic carbocycles. The molecule has 0 aliphatic carbocycles. The van der Waals surface area contributed by atoms with Crippen LogP contribution in [0.5, 0.6) is 0 Å². The minimum atomic E-state index is -3.88. The molecule has 0 fully saturated rings. The molecule has 20 heavy (non-hydrogen) atoms. The zero-order valence-corrected chi connectivity index (χ0v) is 12.4. The summed E-state index contributed by atoms with van der Waals surface area (Å²) in [5.74, 6) is -0.365. The molecule has 0 saturated heterocycles. The SMILES string of the molecule is CN(CCn1cccn1)C(=O)c1sccc1S(N)(=O)=O. The highest BCUT2D eigenvalue weighted by Gasteiger charge is 2.23. The number of carbonyl (C=O) groups excluding carboxylic acids is 1. The number of aromatic nitrogens is 2. The summed E-state index contributed by atoms with van der Waals surface area (Å²) >= 11 is 1.06. The molecule has 0 spiro atoms. The van der Waals surface area contributed by atoms with Crippen molar-refractivity contribution in [2.45, 2.75) is 11.4 Å². The van der Waals surface area contributed by atoms with E-state index in [1.54, 1.807) is 30.2 Å². The molecule has 2 heterocycles. The van der Waals surface area contributed by atoms with Gasteiger partial charge in [-0.3, -0.25) is 9.48 Å². The monoisotopic (exact) mass is 314 g/mol. The molecular weight excluding hydrogens is 300 g/mol. The molecule has 0 aliphatic rings. The molecule has 0 atom stereocenters. The second kappa shape index (κ2) is 5.73. The number of nitrogens with zero attached hydrogens (tertiary/aromatic N) is 3. The van der Waals surface area contributed by atoms with Crippen LogP contribution in [0.4, 0.5) is 0 Å². The average Bonchev–Trinajstić information content (AvgIpc) is 3.04. The van der Waals surface area contributed by atoms with Gasteiger partial charge in [-0.25, -0.2) is 13.6 Å². The molecule has 0 unspecified atom stereocenters. The van der Waals surface area contributed by atoms with Crippen molar-refractivity contribution >= 4 is 27.3 Å². The largest absolute Gasteiger partial charge is 0.339 e. The molecule has 0 bridgehead atoms. The summed E-state index contributed by atoms with van der Waals surface area (Å²) in [6, 6.07) is 3.13. The second-order valence-corrected chi connectivity index (χ2v) is 6.60. The zero-order chi connectivity index (χ0) is 14.8. The van der Waals surface area contributed by atoms with Crippen LogP contribution in [0.25, 0.3) is 0 Å². The minimum absolute atomic E-state index is 0.126. The summed E-state index contributed by atoms with van der Waals surface area (Å²) in [5.41, 5.74) is 0. The lowest BCUT2D eigenvalue weighted by Crippen LogP contribution is -2.31. The molecule has 0 radical (unpaired) electrons. The second-order valence-electron chi connectivity index (χ2n) is 4.15. The maximum Gasteiger partial charge on any atom is 0.265 e. The van der Waals surface area contributed by atoms with Crippen molar-refractivity contribution < 1.29 is 13.2 Å². The van der Waals surface area contributed by atoms with E-state index in [0.29, 0.717) is 13.1 Å². The van der Waals surface area contributed by atoms with Gasteiger partial charge in [-0.05, 0) is 17.5 Å². The summed E-state index contributed by atoms with van der Waals surface area (Å²) < 4.78 is 24.5. The number of nitrogens with two attached hydrogens (primary N) is 1. The third-order valence-electron chi connectivity index (χ3n) is 2.70. The van der Waals surface area contributed by atoms with Crippen LogP contribution in [0.2, 0.25) is 0 Å². The Morgan fingerprint density at radius 1 is 1.55 bits per heavy atom. The van der Waals surface area contributed by atoms with Gasteiger partial charge < -0.3 is 4.90 Å². The highest BCUT2D eigenvalue weighted by atomic mass is 32.2. The molecule has 0 aliphatic heterocycles. The lowest BCUT2D eigenvalue weighted by atomic mass is 10.4. The Morgan fingerprint density at radius 3 is 2.90 bits per heavy atom. The summed E-state index contributed by atoms with van der Waals surface area (Å²) in [6.07, 6.45) is 3.44. The topological polar surface area (TPSA) is 98.3 Å². The van der Waals surface area contributed by atoms with E-state index >= 15 is 0 Å². The van der Waals surface area contributed by atoms with Gasteiger partial charge in [-0.2, -0.15) is 5.10 Å². The van der Waals surface area contributed by atoms with E-state index in [1.807, 2.05) is 0 Å². The standard InChI is InChI=1S/C11H14N4O3S2/c1-14(6-7-15-5-2-4-13-15)11(16)10-9(3-8-19-10)20(12,17)18/h2-5,8H,6-7H2,1H3,(H2,12,17,18). The number of primary sulfonamides is 1. The van der Waals surface area contributed by atoms with Crippen molar-refractivity contribution in [3.63, 3.8) is 0 Å². The van der Waals surface area contributed by atoms with Crippen LogP contribution in [-0.4, -0.2) is 42.6 Å². The van der Waals surface area contributed by atoms with Gasteiger partial charge in [0.1, 0.15) is 9.77 Å². The van der Waals surface area contributed by atoms with E-state index in [4.69, 9.17) is 5.14 Å². The molecule has 2 rings (SSSR count). The van der Waals surface area contributed by atoms with Crippen molar-refractivity contribution in [3.8, 4) is 0 Å². The molecule has 1 amide bonds. The molecule has 2 aromatic heterocycles. The predicted molar refractivity (Wildman–Crippen MR) is 74.9 cm³/mol. The number of hydrogen-bond donors (Lipinski definition) is 1. The van der Waals surface area contributed by atoms with Gasteiger partial charge in [0, 0.05) is 26.0 Å². The van der Waals surface area contributed by atoms with E-state index in [9.17, 15) is 13.2 Å². The van der Waals surface area contributed by atoms with Gasteiger partial charge in [-0.1, -0.05) is 0 Å². The van der Waals surface area contributed by atoms with E-state index < -0.39 is 10.0 Å². The number of thiophene rings is 1. The maximum atomic E-state index is 12.2. The molecule has 2 aromatic rings. The van der Waals surface area contributed by atoms with E-state index in [0.717, 1.165) is 11.3 Å². The summed E-state index contributed by atoms with van der Waals surface area (Å²) in [7, 11) is -2.27. The third kappa shape index (κ3) is 3.24. The van der Waals surface area contributed by atoms with E-state index in [-0.39, 0.29) is 15.7 Å². The highest BCUT2D eigenvalue weighted by molar-refractivity contribution is 7.89. The van der Waals surface area contributed by atoms with Crippen LogP contribution >= 0.6 is 11.3 Å². The Balaban J connectivity index is 2.09. The lowest BCUT2D eigenvalue weighted by molar-refractivity contribution is 0.0790. The van der Waals surface area contributed by atoms with Crippen molar-refractivity contribution in [1.82, 2.24) is 14.7 Å². The Bertz CT molecular complexity index is 691. The van der Waals surface area contributed by atoms with Gasteiger partial charge in [0.05, 0.1) is 6.54 Å². The molecule has 2 N–H and O–H groups in total. The highest BCUT2D eigenvalue weighted by Crippen LogP contribution is 2.22. The number of rotatable bonds is 5. The van der Waals surface area contributed by atoms with Crippen LogP contribution in [-0.2, 0) is 16.6 Å². The quantitative estimate of drug-likeness (QED) is 0.861. The zero-order valence-electron chi connectivity index (χ0n) is 10.8. The average molecular weight is 314 g/mol. The van der Waals surface area contributed by atoms with Crippen LogP contribution in [0.3, 0.4) is 0 Å². The first-order valence-electron chi connectivity index (χ1n) is 5.73. The van der Waals surface area contributed by atoms with Gasteiger partial charge in [-0.15, -0.1) is 11.3 Å². The number of carbonyl (C=O) groups is 1. The van der Waals surface area contributed by atoms with Crippen LogP contribution in [0.15, 0.2) is 34.8 Å². The Morgan fingerprint density at radius 2 is 2.30 bits per heavy atom. The molecule has 0 saturated carbocycles. The third-order valence-corrected chi connectivity index (χ3v) is 4.69.